The summed E-state index contributed by atoms with van der Waals surface area (Å²) in [5, 5.41) is 0. The van der Waals surface area contributed by atoms with Crippen LogP contribution in [0.5, 0.6) is 5.75 Å². The van der Waals surface area contributed by atoms with Gasteiger partial charge in [-0.1, -0.05) is 30.3 Å². The van der Waals surface area contributed by atoms with Crippen LogP contribution in [-0.4, -0.2) is 68.5 Å². The van der Waals surface area contributed by atoms with Gasteiger partial charge >= 0.3 is 0 Å². The minimum Gasteiger partial charge on any atom is -0.484 e. The van der Waals surface area contributed by atoms with Gasteiger partial charge in [0.05, 0.1) is 0 Å². The standard InChI is InChI=1S/C24H31N3O3/c1-25(2)17-18-26(16-14-20-7-4-3-5-8-20)24(29)19-30-22-12-10-21(11-13-22)27-15-6-9-23(27)28/h3-5,7-8,10-13H,6,9,14-19H2,1-2H3. The molecule has 0 radical (unpaired) electrons. The molecule has 2 aromatic carbocycles. The average molecular weight is 410 g/mol. The van der Waals surface area contributed by atoms with E-state index in [9.17, 15) is 9.59 Å². The number of carbonyl (C=O) groups is 2. The minimum absolute atomic E-state index is 0.00418. The number of hydrogen-bond acceptors (Lipinski definition) is 4. The van der Waals surface area contributed by atoms with Gasteiger partial charge in [0.2, 0.25) is 5.91 Å². The predicted molar refractivity (Wildman–Crippen MR) is 119 cm³/mol. The van der Waals surface area contributed by atoms with Crippen molar-refractivity contribution in [3.05, 3.63) is 60.2 Å². The van der Waals surface area contributed by atoms with Gasteiger partial charge in [0.1, 0.15) is 5.75 Å². The summed E-state index contributed by atoms with van der Waals surface area (Å²) in [5.74, 6) is 0.773. The fraction of sp³-hybridized carbons (Fsp3) is 0.417. The first-order valence-corrected chi connectivity index (χ1v) is 10.5. The van der Waals surface area contributed by atoms with Gasteiger partial charge in [-0.2, -0.15) is 0 Å². The Hall–Kier alpha value is -2.86. The number of hydrogen-bond donors (Lipinski definition) is 0. The van der Waals surface area contributed by atoms with Crippen molar-refractivity contribution < 1.29 is 14.3 Å². The van der Waals surface area contributed by atoms with Gasteiger partial charge in [-0.3, -0.25) is 9.59 Å². The van der Waals surface area contributed by atoms with Crippen LogP contribution >= 0.6 is 0 Å². The van der Waals surface area contributed by atoms with Crippen molar-refractivity contribution in [1.29, 1.82) is 0 Å². The molecule has 0 saturated carbocycles. The number of carbonyl (C=O) groups excluding carboxylic acids is 2. The molecule has 1 aliphatic heterocycles. The zero-order valence-electron chi connectivity index (χ0n) is 17.9. The van der Waals surface area contributed by atoms with Gasteiger partial charge in [-0.15, -0.1) is 0 Å². The molecule has 160 valence electrons. The molecule has 1 fully saturated rings. The third-order valence-corrected chi connectivity index (χ3v) is 5.27. The largest absolute Gasteiger partial charge is 0.484 e. The molecule has 3 rings (SSSR count). The molecular formula is C24H31N3O3. The Balaban J connectivity index is 1.54. The highest BCUT2D eigenvalue weighted by atomic mass is 16.5. The molecule has 0 unspecified atom stereocenters. The maximum atomic E-state index is 12.8. The number of benzene rings is 2. The molecule has 1 heterocycles. The van der Waals surface area contributed by atoms with Crippen molar-refractivity contribution in [1.82, 2.24) is 9.80 Å². The Labute approximate surface area is 179 Å². The second-order valence-corrected chi connectivity index (χ2v) is 7.85. The van der Waals surface area contributed by atoms with Crippen LogP contribution in [0.2, 0.25) is 0 Å². The quantitative estimate of drug-likeness (QED) is 0.606. The summed E-state index contributed by atoms with van der Waals surface area (Å²) in [6, 6.07) is 17.6. The van der Waals surface area contributed by atoms with E-state index in [1.54, 1.807) is 4.90 Å². The summed E-state index contributed by atoms with van der Waals surface area (Å²) < 4.78 is 5.74. The van der Waals surface area contributed by atoms with Crippen molar-refractivity contribution in [2.75, 3.05) is 51.8 Å². The van der Waals surface area contributed by atoms with E-state index < -0.39 is 0 Å². The summed E-state index contributed by atoms with van der Waals surface area (Å²) in [6.45, 7) is 2.90. The van der Waals surface area contributed by atoms with Gasteiger partial charge in [0.25, 0.3) is 5.91 Å². The summed E-state index contributed by atoms with van der Waals surface area (Å²) in [6.07, 6.45) is 2.33. The molecule has 0 N–H and O–H groups in total. The molecule has 0 aliphatic carbocycles. The Bertz CT molecular complexity index is 821. The summed E-state index contributed by atoms with van der Waals surface area (Å²) in [7, 11) is 4.01. The lowest BCUT2D eigenvalue weighted by Gasteiger charge is -2.24. The second-order valence-electron chi connectivity index (χ2n) is 7.85. The van der Waals surface area contributed by atoms with E-state index in [1.165, 1.54) is 5.56 Å². The van der Waals surface area contributed by atoms with Crippen molar-refractivity contribution in [3.8, 4) is 5.75 Å². The maximum Gasteiger partial charge on any atom is 0.260 e. The van der Waals surface area contributed by atoms with Crippen LogP contribution < -0.4 is 9.64 Å². The lowest BCUT2D eigenvalue weighted by atomic mass is 10.1. The molecule has 0 bridgehead atoms. The summed E-state index contributed by atoms with van der Waals surface area (Å²) in [5.41, 5.74) is 2.10. The monoisotopic (exact) mass is 409 g/mol. The fourth-order valence-corrected chi connectivity index (χ4v) is 3.47. The number of anilines is 1. The normalized spacial score (nSPS) is 13.7. The van der Waals surface area contributed by atoms with Crippen molar-refractivity contribution in [2.45, 2.75) is 19.3 Å². The molecule has 1 aliphatic rings. The Morgan fingerprint density at radius 2 is 1.73 bits per heavy atom. The van der Waals surface area contributed by atoms with Crippen LogP contribution in [0.25, 0.3) is 0 Å². The third kappa shape index (κ3) is 6.32. The van der Waals surface area contributed by atoms with Crippen LogP contribution in [0, 0.1) is 0 Å². The van der Waals surface area contributed by atoms with Crippen molar-refractivity contribution in [3.63, 3.8) is 0 Å². The minimum atomic E-state index is -0.0217. The first-order valence-electron chi connectivity index (χ1n) is 10.5. The number of rotatable bonds is 10. The van der Waals surface area contributed by atoms with Crippen LogP contribution in [0.1, 0.15) is 18.4 Å². The highest BCUT2D eigenvalue weighted by Crippen LogP contribution is 2.23. The van der Waals surface area contributed by atoms with E-state index in [-0.39, 0.29) is 18.4 Å². The SMILES string of the molecule is CN(C)CCN(CCc1ccccc1)C(=O)COc1ccc(N2CCCC2=O)cc1. The van der Waals surface area contributed by atoms with Gasteiger partial charge in [-0.25, -0.2) is 0 Å². The fourth-order valence-electron chi connectivity index (χ4n) is 3.47. The number of nitrogens with zero attached hydrogens (tertiary/aromatic N) is 3. The molecular weight excluding hydrogens is 378 g/mol. The lowest BCUT2D eigenvalue weighted by molar-refractivity contribution is -0.133. The van der Waals surface area contributed by atoms with Crippen LogP contribution in [0.15, 0.2) is 54.6 Å². The van der Waals surface area contributed by atoms with Crippen molar-refractivity contribution in [2.24, 2.45) is 0 Å². The second kappa shape index (κ2) is 10.8. The molecule has 2 amide bonds. The lowest BCUT2D eigenvalue weighted by Crippen LogP contribution is -2.40. The molecule has 6 heteroatoms. The number of ether oxygens (including phenoxy) is 1. The molecule has 0 aromatic heterocycles. The van der Waals surface area contributed by atoms with Crippen LogP contribution in [0.3, 0.4) is 0 Å². The molecule has 0 spiro atoms. The first kappa shape index (κ1) is 21.8. The Morgan fingerprint density at radius 1 is 1.00 bits per heavy atom. The Morgan fingerprint density at radius 3 is 2.37 bits per heavy atom. The van der Waals surface area contributed by atoms with Crippen molar-refractivity contribution >= 4 is 17.5 Å². The molecule has 1 saturated heterocycles. The van der Waals surface area contributed by atoms with Gasteiger partial charge in [0, 0.05) is 38.3 Å². The van der Waals surface area contributed by atoms with E-state index in [0.29, 0.717) is 25.3 Å². The van der Waals surface area contributed by atoms with Gasteiger partial charge in [-0.05, 0) is 56.8 Å². The summed E-state index contributed by atoms with van der Waals surface area (Å²) >= 11 is 0. The number of amides is 2. The smallest absolute Gasteiger partial charge is 0.260 e. The highest BCUT2D eigenvalue weighted by Gasteiger charge is 2.21. The first-order chi connectivity index (χ1) is 14.5. The van der Waals surface area contributed by atoms with Gasteiger partial charge < -0.3 is 19.4 Å². The zero-order valence-corrected chi connectivity index (χ0v) is 17.9. The Kier molecular flexibility index (Phi) is 7.85. The summed E-state index contributed by atoms with van der Waals surface area (Å²) in [4.78, 5) is 30.4. The number of likely N-dealkylation sites (N-methyl/N-ethyl adjacent to an activating group) is 1. The average Bonchev–Trinajstić information content (AvgIpc) is 3.19. The maximum absolute atomic E-state index is 12.8. The highest BCUT2D eigenvalue weighted by molar-refractivity contribution is 5.95. The third-order valence-electron chi connectivity index (χ3n) is 5.27. The topological polar surface area (TPSA) is 53.1 Å². The van der Waals surface area contributed by atoms with E-state index in [2.05, 4.69) is 17.0 Å². The van der Waals surface area contributed by atoms with E-state index in [4.69, 9.17) is 4.74 Å². The van der Waals surface area contributed by atoms with E-state index in [0.717, 1.165) is 31.6 Å². The molecule has 6 nitrogen and oxygen atoms in total. The van der Waals surface area contributed by atoms with Crippen LogP contribution in [-0.2, 0) is 16.0 Å². The zero-order chi connectivity index (χ0) is 21.3. The van der Waals surface area contributed by atoms with E-state index >= 15 is 0 Å². The molecule has 30 heavy (non-hydrogen) atoms. The van der Waals surface area contributed by atoms with Gasteiger partial charge in [0.15, 0.2) is 6.61 Å². The molecule has 0 atom stereocenters. The van der Waals surface area contributed by atoms with Crippen LogP contribution in [0.4, 0.5) is 5.69 Å². The molecule has 2 aromatic rings. The predicted octanol–water partition coefficient (Wildman–Crippen LogP) is 2.83. The van der Waals surface area contributed by atoms with E-state index in [1.807, 2.05) is 61.5 Å².